The summed E-state index contributed by atoms with van der Waals surface area (Å²) < 4.78 is 0. The smallest absolute Gasteiger partial charge is 0.268 e. The highest BCUT2D eigenvalue weighted by Gasteiger charge is 2.26. The molecule has 0 fully saturated rings. The van der Waals surface area contributed by atoms with Crippen LogP contribution >= 0.6 is 11.3 Å². The molecule has 22 heavy (non-hydrogen) atoms. The second-order valence-corrected chi connectivity index (χ2v) is 6.31. The van der Waals surface area contributed by atoms with Gasteiger partial charge in [0.2, 0.25) is 0 Å². The van der Waals surface area contributed by atoms with Gasteiger partial charge in [-0.25, -0.2) is 5.84 Å². The number of anilines is 1. The quantitative estimate of drug-likeness (QED) is 0.462. The second-order valence-electron chi connectivity index (χ2n) is 5.21. The number of carbonyl (C=O) groups is 2. The average molecular weight is 315 g/mol. The number of fused-ring (bicyclic) bond motifs is 1. The largest absolute Gasteiger partial charge is 0.313 e. The van der Waals surface area contributed by atoms with E-state index in [1.807, 2.05) is 18.2 Å². The first kappa shape index (κ1) is 14.7. The van der Waals surface area contributed by atoms with Gasteiger partial charge in [-0.05, 0) is 43.4 Å². The Hall–Kier alpha value is -2.18. The van der Waals surface area contributed by atoms with Crippen LogP contribution in [-0.2, 0) is 12.8 Å². The van der Waals surface area contributed by atoms with Crippen molar-refractivity contribution in [3.05, 3.63) is 51.9 Å². The Bertz CT molecular complexity index is 710. The molecule has 1 aromatic carbocycles. The highest BCUT2D eigenvalue weighted by atomic mass is 32.1. The number of rotatable bonds is 3. The molecule has 0 aliphatic heterocycles. The lowest BCUT2D eigenvalue weighted by molar-refractivity contribution is 0.0954. The molecule has 0 unspecified atom stereocenters. The monoisotopic (exact) mass is 315 g/mol. The fraction of sp³-hybridized carbons (Fsp3) is 0.250. The first-order valence-corrected chi connectivity index (χ1v) is 8.04. The van der Waals surface area contributed by atoms with Crippen LogP contribution in [0.15, 0.2) is 30.3 Å². The Morgan fingerprint density at radius 2 is 1.77 bits per heavy atom. The fourth-order valence-electron chi connectivity index (χ4n) is 2.73. The predicted octanol–water partition coefficient (Wildman–Crippen LogP) is 2.48. The van der Waals surface area contributed by atoms with Crippen molar-refractivity contribution in [2.24, 2.45) is 5.84 Å². The van der Waals surface area contributed by atoms with Gasteiger partial charge in [0.05, 0.1) is 5.56 Å². The number of amides is 2. The van der Waals surface area contributed by atoms with Crippen LogP contribution in [-0.4, -0.2) is 11.8 Å². The van der Waals surface area contributed by atoms with Gasteiger partial charge in [0, 0.05) is 10.4 Å². The van der Waals surface area contributed by atoms with E-state index >= 15 is 0 Å². The number of hydrogen-bond acceptors (Lipinski definition) is 4. The van der Waals surface area contributed by atoms with Crippen LogP contribution < -0.4 is 16.6 Å². The SMILES string of the molecule is NNC(=O)c1c(NC(=O)c2ccccc2)sc2c1CCCC2. The van der Waals surface area contributed by atoms with Gasteiger partial charge in [-0.15, -0.1) is 11.3 Å². The molecular weight excluding hydrogens is 298 g/mol. The predicted molar refractivity (Wildman–Crippen MR) is 87.0 cm³/mol. The molecule has 1 heterocycles. The van der Waals surface area contributed by atoms with E-state index in [0.29, 0.717) is 16.1 Å². The van der Waals surface area contributed by atoms with Crippen LogP contribution in [0.4, 0.5) is 5.00 Å². The molecule has 1 aromatic heterocycles. The Labute approximate surface area is 132 Å². The first-order chi connectivity index (χ1) is 10.7. The summed E-state index contributed by atoms with van der Waals surface area (Å²) in [6.45, 7) is 0. The third-order valence-corrected chi connectivity index (χ3v) is 5.00. The third-order valence-electron chi connectivity index (χ3n) is 3.79. The van der Waals surface area contributed by atoms with E-state index < -0.39 is 0 Å². The molecule has 2 amide bonds. The van der Waals surface area contributed by atoms with Gasteiger partial charge in [-0.3, -0.25) is 15.0 Å². The molecule has 114 valence electrons. The normalized spacial score (nSPS) is 13.3. The number of benzene rings is 1. The third kappa shape index (κ3) is 2.75. The number of carbonyl (C=O) groups excluding carboxylic acids is 2. The van der Waals surface area contributed by atoms with Gasteiger partial charge < -0.3 is 5.32 Å². The highest BCUT2D eigenvalue weighted by Crippen LogP contribution is 2.38. The van der Waals surface area contributed by atoms with Crippen LogP contribution in [0.1, 0.15) is 44.0 Å². The summed E-state index contributed by atoms with van der Waals surface area (Å²) in [7, 11) is 0. The van der Waals surface area contributed by atoms with E-state index in [-0.39, 0.29) is 11.8 Å². The highest BCUT2D eigenvalue weighted by molar-refractivity contribution is 7.17. The summed E-state index contributed by atoms with van der Waals surface area (Å²) in [5, 5.41) is 3.45. The molecule has 2 aromatic rings. The zero-order valence-electron chi connectivity index (χ0n) is 12.0. The Morgan fingerprint density at radius 1 is 1.05 bits per heavy atom. The summed E-state index contributed by atoms with van der Waals surface area (Å²) in [6.07, 6.45) is 3.98. The summed E-state index contributed by atoms with van der Waals surface area (Å²) >= 11 is 1.48. The maximum atomic E-state index is 12.3. The molecule has 4 N–H and O–H groups in total. The van der Waals surface area contributed by atoms with Gasteiger partial charge in [-0.2, -0.15) is 0 Å². The number of thiophene rings is 1. The second kappa shape index (κ2) is 6.29. The van der Waals surface area contributed by atoms with Crippen molar-refractivity contribution in [2.75, 3.05) is 5.32 Å². The van der Waals surface area contributed by atoms with Crippen molar-refractivity contribution in [2.45, 2.75) is 25.7 Å². The minimum Gasteiger partial charge on any atom is -0.313 e. The molecule has 0 saturated carbocycles. The van der Waals surface area contributed by atoms with E-state index in [1.54, 1.807) is 12.1 Å². The fourth-order valence-corrected chi connectivity index (χ4v) is 4.01. The Morgan fingerprint density at radius 3 is 2.50 bits per heavy atom. The molecule has 6 heteroatoms. The number of nitrogens with one attached hydrogen (secondary N) is 2. The number of nitrogen functional groups attached to an aromatic ring is 1. The van der Waals surface area contributed by atoms with Crippen LogP contribution in [0.25, 0.3) is 0 Å². The number of nitrogens with two attached hydrogens (primary N) is 1. The van der Waals surface area contributed by atoms with E-state index in [0.717, 1.165) is 31.2 Å². The van der Waals surface area contributed by atoms with Crippen LogP contribution in [0.2, 0.25) is 0 Å². The van der Waals surface area contributed by atoms with Gasteiger partial charge >= 0.3 is 0 Å². The van der Waals surface area contributed by atoms with Crippen molar-refractivity contribution in [1.82, 2.24) is 5.43 Å². The lowest BCUT2D eigenvalue weighted by Crippen LogP contribution is -2.31. The Balaban J connectivity index is 1.94. The zero-order valence-corrected chi connectivity index (χ0v) is 12.8. The van der Waals surface area contributed by atoms with Crippen LogP contribution in [0.5, 0.6) is 0 Å². The number of hydrogen-bond donors (Lipinski definition) is 3. The van der Waals surface area contributed by atoms with Crippen molar-refractivity contribution >= 4 is 28.2 Å². The van der Waals surface area contributed by atoms with Crippen molar-refractivity contribution in [3.63, 3.8) is 0 Å². The standard InChI is InChI=1S/C16H17N3O2S/c17-19-15(21)13-11-8-4-5-9-12(11)22-16(13)18-14(20)10-6-2-1-3-7-10/h1-3,6-7H,4-5,8-9,17H2,(H,18,20)(H,19,21). The van der Waals surface area contributed by atoms with Crippen molar-refractivity contribution in [1.29, 1.82) is 0 Å². The maximum Gasteiger partial charge on any atom is 0.268 e. The van der Waals surface area contributed by atoms with Gasteiger partial charge in [0.25, 0.3) is 11.8 Å². The molecule has 0 spiro atoms. The van der Waals surface area contributed by atoms with Crippen LogP contribution in [0.3, 0.4) is 0 Å². The first-order valence-electron chi connectivity index (χ1n) is 7.22. The molecule has 3 rings (SSSR count). The van der Waals surface area contributed by atoms with Crippen molar-refractivity contribution in [3.8, 4) is 0 Å². The molecule has 1 aliphatic rings. The Kier molecular flexibility index (Phi) is 4.22. The van der Waals surface area contributed by atoms with E-state index in [4.69, 9.17) is 5.84 Å². The molecule has 0 bridgehead atoms. The van der Waals surface area contributed by atoms with Crippen LogP contribution in [0, 0.1) is 0 Å². The number of aryl methyl sites for hydroxylation is 1. The molecule has 0 saturated heterocycles. The van der Waals surface area contributed by atoms with E-state index in [9.17, 15) is 9.59 Å². The minimum absolute atomic E-state index is 0.217. The lowest BCUT2D eigenvalue weighted by atomic mass is 9.95. The van der Waals surface area contributed by atoms with Gasteiger partial charge in [-0.1, -0.05) is 18.2 Å². The summed E-state index contributed by atoms with van der Waals surface area (Å²) in [4.78, 5) is 25.6. The summed E-state index contributed by atoms with van der Waals surface area (Å²) in [6, 6.07) is 8.95. The molecular formula is C16H17N3O2S. The molecule has 1 aliphatic carbocycles. The van der Waals surface area contributed by atoms with Crippen molar-refractivity contribution < 1.29 is 9.59 Å². The minimum atomic E-state index is -0.345. The molecule has 0 atom stereocenters. The average Bonchev–Trinajstić information content (AvgIpc) is 2.92. The van der Waals surface area contributed by atoms with E-state index in [1.165, 1.54) is 16.2 Å². The maximum absolute atomic E-state index is 12.3. The topological polar surface area (TPSA) is 84.2 Å². The molecule has 0 radical (unpaired) electrons. The van der Waals surface area contributed by atoms with Gasteiger partial charge in [0.15, 0.2) is 0 Å². The number of hydrazine groups is 1. The van der Waals surface area contributed by atoms with E-state index in [2.05, 4.69) is 10.7 Å². The molecule has 5 nitrogen and oxygen atoms in total. The summed E-state index contributed by atoms with van der Waals surface area (Å²) in [5.74, 6) is 4.74. The lowest BCUT2D eigenvalue weighted by Gasteiger charge is -2.12. The van der Waals surface area contributed by atoms with Gasteiger partial charge in [0.1, 0.15) is 5.00 Å². The zero-order chi connectivity index (χ0) is 15.5. The summed E-state index contributed by atoms with van der Waals surface area (Å²) in [5.41, 5.74) is 4.30.